The van der Waals surface area contributed by atoms with E-state index in [0.717, 1.165) is 24.1 Å². The summed E-state index contributed by atoms with van der Waals surface area (Å²) in [7, 11) is 0. The van der Waals surface area contributed by atoms with Crippen molar-refractivity contribution in [2.75, 3.05) is 0 Å². The molecule has 1 aliphatic carbocycles. The first kappa shape index (κ1) is 19.2. The molecule has 8 heteroatoms. The second kappa shape index (κ2) is 7.35. The van der Waals surface area contributed by atoms with Gasteiger partial charge in [-0.05, 0) is 18.3 Å². The molecule has 0 fully saturated rings. The fourth-order valence-corrected chi connectivity index (χ4v) is 3.61. The van der Waals surface area contributed by atoms with Crippen LogP contribution < -0.4 is 5.32 Å². The fourth-order valence-electron chi connectivity index (χ4n) is 3.61. The van der Waals surface area contributed by atoms with E-state index in [2.05, 4.69) is 39.3 Å². The summed E-state index contributed by atoms with van der Waals surface area (Å²) in [5.41, 5.74) is 2.74. The number of rotatable bonds is 4. The van der Waals surface area contributed by atoms with Gasteiger partial charge < -0.3 is 9.84 Å². The summed E-state index contributed by atoms with van der Waals surface area (Å²) in [5.74, 6) is 1.15. The van der Waals surface area contributed by atoms with E-state index in [0.29, 0.717) is 17.3 Å². The van der Waals surface area contributed by atoms with Crippen molar-refractivity contribution in [3.63, 3.8) is 0 Å². The molecule has 1 N–H and O–H groups in total. The first-order valence-electron chi connectivity index (χ1n) is 9.72. The SMILES string of the molecule is CC(C)c1cc(C(=O)NC2CC(C)(C)Cc3nc(-c4cnccn4)ncc32)no1. The van der Waals surface area contributed by atoms with Gasteiger partial charge in [0.2, 0.25) is 0 Å². The van der Waals surface area contributed by atoms with Crippen molar-refractivity contribution < 1.29 is 9.32 Å². The summed E-state index contributed by atoms with van der Waals surface area (Å²) in [5, 5.41) is 7.00. The number of hydrogen-bond acceptors (Lipinski definition) is 7. The molecular formula is C21H24N6O2. The maximum atomic E-state index is 12.8. The van der Waals surface area contributed by atoms with Crippen LogP contribution in [0.3, 0.4) is 0 Å². The van der Waals surface area contributed by atoms with E-state index < -0.39 is 0 Å². The Balaban J connectivity index is 1.62. The molecule has 3 aromatic heterocycles. The standard InChI is InChI=1S/C21H24N6O2/c1-12(2)18-7-14(27-29-18)20(28)26-16-9-21(3,4)8-15-13(16)10-24-19(25-15)17-11-22-5-6-23-17/h5-7,10-12,16H,8-9H2,1-4H3,(H,26,28). The number of carbonyl (C=O) groups excluding carboxylic acids is 1. The predicted molar refractivity (Wildman–Crippen MR) is 106 cm³/mol. The Morgan fingerprint density at radius 2 is 2.07 bits per heavy atom. The van der Waals surface area contributed by atoms with Gasteiger partial charge in [-0.1, -0.05) is 32.9 Å². The van der Waals surface area contributed by atoms with Crippen LogP contribution >= 0.6 is 0 Å². The highest BCUT2D eigenvalue weighted by atomic mass is 16.5. The number of nitrogens with one attached hydrogen (secondary N) is 1. The molecule has 1 amide bonds. The predicted octanol–water partition coefficient (Wildman–Crippen LogP) is 3.49. The number of amides is 1. The molecule has 1 unspecified atom stereocenters. The zero-order chi connectivity index (χ0) is 20.6. The average molecular weight is 392 g/mol. The van der Waals surface area contributed by atoms with Crippen LogP contribution in [0, 0.1) is 5.41 Å². The van der Waals surface area contributed by atoms with E-state index in [4.69, 9.17) is 9.51 Å². The highest BCUT2D eigenvalue weighted by Crippen LogP contribution is 2.40. The van der Waals surface area contributed by atoms with E-state index in [9.17, 15) is 4.79 Å². The number of hydrogen-bond donors (Lipinski definition) is 1. The number of fused-ring (bicyclic) bond motifs is 1. The lowest BCUT2D eigenvalue weighted by Crippen LogP contribution is -2.37. The van der Waals surface area contributed by atoms with E-state index in [1.807, 2.05) is 13.8 Å². The minimum Gasteiger partial charge on any atom is -0.360 e. The molecule has 150 valence electrons. The lowest BCUT2D eigenvalue weighted by Gasteiger charge is -2.36. The molecule has 1 aliphatic rings. The molecule has 4 rings (SSSR count). The Morgan fingerprint density at radius 3 is 2.76 bits per heavy atom. The first-order chi connectivity index (χ1) is 13.8. The Bertz CT molecular complexity index is 1030. The van der Waals surface area contributed by atoms with Crippen LogP contribution in [0.1, 0.15) is 73.6 Å². The number of aromatic nitrogens is 5. The lowest BCUT2D eigenvalue weighted by atomic mass is 9.74. The molecule has 0 bridgehead atoms. The highest BCUT2D eigenvalue weighted by molar-refractivity contribution is 5.92. The van der Waals surface area contributed by atoms with Gasteiger partial charge in [-0.15, -0.1) is 0 Å². The van der Waals surface area contributed by atoms with Gasteiger partial charge in [0.25, 0.3) is 5.91 Å². The molecule has 0 saturated carbocycles. The summed E-state index contributed by atoms with van der Waals surface area (Å²) in [6.45, 7) is 8.33. The third-order valence-electron chi connectivity index (χ3n) is 5.11. The van der Waals surface area contributed by atoms with Crippen LogP contribution in [0.15, 0.2) is 35.4 Å². The minimum absolute atomic E-state index is 0.0220. The van der Waals surface area contributed by atoms with Crippen molar-refractivity contribution in [1.29, 1.82) is 0 Å². The van der Waals surface area contributed by atoms with Crippen molar-refractivity contribution in [1.82, 2.24) is 30.4 Å². The van der Waals surface area contributed by atoms with Gasteiger partial charge >= 0.3 is 0 Å². The normalized spacial score (nSPS) is 17.8. The van der Waals surface area contributed by atoms with Gasteiger partial charge in [0.05, 0.1) is 17.9 Å². The molecule has 0 saturated heterocycles. The van der Waals surface area contributed by atoms with Gasteiger partial charge in [-0.3, -0.25) is 9.78 Å². The van der Waals surface area contributed by atoms with E-state index in [-0.39, 0.29) is 29.0 Å². The zero-order valence-electron chi connectivity index (χ0n) is 17.0. The highest BCUT2D eigenvalue weighted by Gasteiger charge is 2.35. The van der Waals surface area contributed by atoms with Gasteiger partial charge in [-0.25, -0.2) is 15.0 Å². The third kappa shape index (κ3) is 4.01. The van der Waals surface area contributed by atoms with Crippen molar-refractivity contribution >= 4 is 5.91 Å². The topological polar surface area (TPSA) is 107 Å². The summed E-state index contributed by atoms with van der Waals surface area (Å²) >= 11 is 0. The van der Waals surface area contributed by atoms with E-state index in [1.165, 1.54) is 0 Å². The third-order valence-corrected chi connectivity index (χ3v) is 5.11. The van der Waals surface area contributed by atoms with E-state index >= 15 is 0 Å². The van der Waals surface area contributed by atoms with Crippen LogP contribution in [-0.2, 0) is 6.42 Å². The zero-order valence-corrected chi connectivity index (χ0v) is 17.0. The molecule has 3 heterocycles. The molecule has 8 nitrogen and oxygen atoms in total. The van der Waals surface area contributed by atoms with E-state index in [1.54, 1.807) is 30.9 Å². The Morgan fingerprint density at radius 1 is 1.24 bits per heavy atom. The van der Waals surface area contributed by atoms with Gasteiger partial charge in [-0.2, -0.15) is 0 Å². The molecule has 0 aliphatic heterocycles. The maximum Gasteiger partial charge on any atom is 0.273 e. The summed E-state index contributed by atoms with van der Waals surface area (Å²) in [6, 6.07) is 1.50. The largest absolute Gasteiger partial charge is 0.360 e. The van der Waals surface area contributed by atoms with Crippen LogP contribution in [-0.4, -0.2) is 31.0 Å². The average Bonchev–Trinajstić information content (AvgIpc) is 3.18. The Labute approximate surface area is 169 Å². The van der Waals surface area contributed by atoms with Crippen molar-refractivity contribution in [2.45, 2.75) is 52.5 Å². The molecule has 3 aromatic rings. The minimum atomic E-state index is -0.257. The smallest absolute Gasteiger partial charge is 0.273 e. The monoisotopic (exact) mass is 392 g/mol. The molecule has 0 aromatic carbocycles. The van der Waals surface area contributed by atoms with Gasteiger partial charge in [0.15, 0.2) is 11.5 Å². The van der Waals surface area contributed by atoms with Crippen LogP contribution in [0.2, 0.25) is 0 Å². The summed E-state index contributed by atoms with van der Waals surface area (Å²) in [4.78, 5) is 30.3. The van der Waals surface area contributed by atoms with Gasteiger partial charge in [0.1, 0.15) is 11.5 Å². The summed E-state index contributed by atoms with van der Waals surface area (Å²) < 4.78 is 5.26. The Hall–Kier alpha value is -3.16. The molecule has 1 atom stereocenters. The number of nitrogens with zero attached hydrogens (tertiary/aromatic N) is 5. The van der Waals surface area contributed by atoms with Gasteiger partial charge in [0, 0.05) is 36.1 Å². The summed E-state index contributed by atoms with van der Waals surface area (Å²) in [6.07, 6.45) is 8.25. The van der Waals surface area contributed by atoms with Crippen LogP contribution in [0.4, 0.5) is 0 Å². The van der Waals surface area contributed by atoms with Crippen molar-refractivity contribution in [3.05, 3.63) is 53.6 Å². The fraction of sp³-hybridized carbons (Fsp3) is 0.429. The maximum absolute atomic E-state index is 12.8. The first-order valence-corrected chi connectivity index (χ1v) is 9.72. The Kier molecular flexibility index (Phi) is 4.86. The second-order valence-electron chi connectivity index (χ2n) is 8.53. The number of carbonyl (C=O) groups is 1. The van der Waals surface area contributed by atoms with Crippen molar-refractivity contribution in [3.8, 4) is 11.5 Å². The quantitative estimate of drug-likeness (QED) is 0.724. The second-order valence-corrected chi connectivity index (χ2v) is 8.53. The molecular weight excluding hydrogens is 368 g/mol. The molecule has 0 radical (unpaired) electrons. The lowest BCUT2D eigenvalue weighted by molar-refractivity contribution is 0.0909. The molecule has 29 heavy (non-hydrogen) atoms. The molecule has 0 spiro atoms. The van der Waals surface area contributed by atoms with Crippen LogP contribution in [0.5, 0.6) is 0 Å². The van der Waals surface area contributed by atoms with Crippen molar-refractivity contribution in [2.24, 2.45) is 5.41 Å². The van der Waals surface area contributed by atoms with Crippen LogP contribution in [0.25, 0.3) is 11.5 Å².